The molecular formula is C19H22FN3O3S. The van der Waals surface area contributed by atoms with Crippen molar-refractivity contribution in [2.45, 2.75) is 0 Å². The zero-order valence-corrected chi connectivity index (χ0v) is 15.7. The highest BCUT2D eigenvalue weighted by molar-refractivity contribution is 7.08. The van der Waals surface area contributed by atoms with Crippen LogP contribution in [-0.2, 0) is 4.79 Å². The minimum atomic E-state index is -0.486. The molecule has 2 heterocycles. The number of halogens is 1. The molecule has 144 valence electrons. The Balaban J connectivity index is 1.31. The summed E-state index contributed by atoms with van der Waals surface area (Å²) in [5, 5.41) is 6.54. The molecular weight excluding hydrogens is 369 g/mol. The van der Waals surface area contributed by atoms with Crippen LogP contribution in [0.15, 0.2) is 41.1 Å². The van der Waals surface area contributed by atoms with Gasteiger partial charge in [0.15, 0.2) is 18.2 Å². The van der Waals surface area contributed by atoms with Crippen LogP contribution in [0.5, 0.6) is 5.75 Å². The number of ether oxygens (including phenoxy) is 1. The molecule has 0 radical (unpaired) electrons. The fourth-order valence-corrected chi connectivity index (χ4v) is 3.48. The van der Waals surface area contributed by atoms with E-state index in [0.717, 1.165) is 18.7 Å². The first kappa shape index (κ1) is 19.3. The average molecular weight is 391 g/mol. The number of thiophene rings is 1. The van der Waals surface area contributed by atoms with Gasteiger partial charge in [-0.05, 0) is 23.6 Å². The lowest BCUT2D eigenvalue weighted by Gasteiger charge is -2.34. The SMILES string of the molecule is O=C(COc1ccccc1F)NCCN1CCN(C(=O)c2ccsc2)CC1. The first-order valence-electron chi connectivity index (χ1n) is 8.81. The lowest BCUT2D eigenvalue weighted by atomic mass is 10.2. The molecule has 27 heavy (non-hydrogen) atoms. The molecule has 1 N–H and O–H groups in total. The number of carbonyl (C=O) groups excluding carboxylic acids is 2. The smallest absolute Gasteiger partial charge is 0.257 e. The Morgan fingerprint density at radius 1 is 1.15 bits per heavy atom. The largest absolute Gasteiger partial charge is 0.481 e. The van der Waals surface area contributed by atoms with Crippen LogP contribution in [-0.4, -0.2) is 67.5 Å². The van der Waals surface area contributed by atoms with Gasteiger partial charge in [-0.1, -0.05) is 12.1 Å². The summed E-state index contributed by atoms with van der Waals surface area (Å²) in [5.41, 5.74) is 0.746. The van der Waals surface area contributed by atoms with Gasteiger partial charge in [0.2, 0.25) is 0 Å². The number of hydrogen-bond acceptors (Lipinski definition) is 5. The standard InChI is InChI=1S/C19H22FN3O3S/c20-16-3-1-2-4-17(16)26-13-18(24)21-6-7-22-8-10-23(11-9-22)19(25)15-5-12-27-14-15/h1-5,12,14H,6-11,13H2,(H,21,24). The molecule has 1 aliphatic heterocycles. The quantitative estimate of drug-likeness (QED) is 0.782. The first-order valence-corrected chi connectivity index (χ1v) is 9.75. The number of para-hydroxylation sites is 1. The Morgan fingerprint density at radius 2 is 1.93 bits per heavy atom. The number of benzene rings is 1. The maximum absolute atomic E-state index is 13.4. The first-order chi connectivity index (χ1) is 13.1. The molecule has 0 aliphatic carbocycles. The van der Waals surface area contributed by atoms with Crippen LogP contribution in [0.25, 0.3) is 0 Å². The molecule has 1 aliphatic rings. The number of carbonyl (C=O) groups is 2. The van der Waals surface area contributed by atoms with Crippen LogP contribution >= 0.6 is 11.3 Å². The van der Waals surface area contributed by atoms with Crippen LogP contribution in [0.3, 0.4) is 0 Å². The van der Waals surface area contributed by atoms with E-state index in [4.69, 9.17) is 4.74 Å². The highest BCUT2D eigenvalue weighted by atomic mass is 32.1. The normalized spacial score (nSPS) is 14.8. The molecule has 1 aromatic carbocycles. The van der Waals surface area contributed by atoms with E-state index < -0.39 is 5.82 Å². The second kappa shape index (κ2) is 9.48. The van der Waals surface area contributed by atoms with Crippen molar-refractivity contribution in [3.63, 3.8) is 0 Å². The number of nitrogens with zero attached hydrogens (tertiary/aromatic N) is 2. The second-order valence-corrected chi connectivity index (χ2v) is 6.99. The molecule has 2 amide bonds. The van der Waals surface area contributed by atoms with E-state index >= 15 is 0 Å². The summed E-state index contributed by atoms with van der Waals surface area (Å²) < 4.78 is 18.6. The van der Waals surface area contributed by atoms with E-state index in [1.807, 2.05) is 21.7 Å². The second-order valence-electron chi connectivity index (χ2n) is 6.21. The average Bonchev–Trinajstić information content (AvgIpc) is 3.22. The number of amides is 2. The maximum atomic E-state index is 13.4. The van der Waals surface area contributed by atoms with Crippen molar-refractivity contribution in [1.29, 1.82) is 0 Å². The third kappa shape index (κ3) is 5.51. The minimum absolute atomic E-state index is 0.0686. The van der Waals surface area contributed by atoms with Crippen LogP contribution in [0, 0.1) is 5.82 Å². The van der Waals surface area contributed by atoms with Gasteiger partial charge in [-0.15, -0.1) is 0 Å². The molecule has 0 saturated carbocycles. The molecule has 1 saturated heterocycles. The lowest BCUT2D eigenvalue weighted by Crippen LogP contribution is -2.50. The molecule has 0 bridgehead atoms. The number of hydrogen-bond donors (Lipinski definition) is 1. The lowest BCUT2D eigenvalue weighted by molar-refractivity contribution is -0.123. The summed E-state index contributed by atoms with van der Waals surface area (Å²) in [6.07, 6.45) is 0. The molecule has 1 aromatic heterocycles. The number of piperazine rings is 1. The van der Waals surface area contributed by atoms with E-state index in [1.165, 1.54) is 23.5 Å². The third-order valence-corrected chi connectivity index (χ3v) is 5.06. The summed E-state index contributed by atoms with van der Waals surface area (Å²) in [5.74, 6) is -0.627. The van der Waals surface area contributed by atoms with Gasteiger partial charge in [0.25, 0.3) is 11.8 Å². The fourth-order valence-electron chi connectivity index (χ4n) is 2.85. The Kier molecular flexibility index (Phi) is 6.78. The zero-order chi connectivity index (χ0) is 19.1. The number of nitrogens with one attached hydrogen (secondary N) is 1. The van der Waals surface area contributed by atoms with Crippen molar-refractivity contribution in [1.82, 2.24) is 15.1 Å². The summed E-state index contributed by atoms with van der Waals surface area (Å²) >= 11 is 1.52. The Hall–Kier alpha value is -2.45. The van der Waals surface area contributed by atoms with E-state index in [2.05, 4.69) is 10.2 Å². The van der Waals surface area contributed by atoms with Gasteiger partial charge in [0.05, 0.1) is 5.56 Å². The minimum Gasteiger partial charge on any atom is -0.481 e. The summed E-state index contributed by atoms with van der Waals surface area (Å²) in [6.45, 7) is 3.88. The Morgan fingerprint density at radius 3 is 2.63 bits per heavy atom. The summed E-state index contributed by atoms with van der Waals surface area (Å²) in [7, 11) is 0. The molecule has 1 fully saturated rings. The van der Waals surface area contributed by atoms with Gasteiger partial charge in [0, 0.05) is 44.6 Å². The third-order valence-electron chi connectivity index (χ3n) is 4.37. The van der Waals surface area contributed by atoms with Crippen LogP contribution in [0.1, 0.15) is 10.4 Å². The van der Waals surface area contributed by atoms with Crippen LogP contribution < -0.4 is 10.1 Å². The van der Waals surface area contributed by atoms with Gasteiger partial charge in [-0.2, -0.15) is 11.3 Å². The summed E-state index contributed by atoms with van der Waals surface area (Å²) in [6, 6.07) is 7.84. The molecule has 0 spiro atoms. The highest BCUT2D eigenvalue weighted by Gasteiger charge is 2.22. The molecule has 3 rings (SSSR count). The van der Waals surface area contributed by atoms with Crippen molar-refractivity contribution >= 4 is 23.2 Å². The van der Waals surface area contributed by atoms with Crippen molar-refractivity contribution in [2.75, 3.05) is 45.9 Å². The predicted octanol–water partition coefficient (Wildman–Crippen LogP) is 1.84. The molecule has 2 aromatic rings. The summed E-state index contributed by atoms with van der Waals surface area (Å²) in [4.78, 5) is 28.2. The van der Waals surface area contributed by atoms with E-state index in [-0.39, 0.29) is 24.2 Å². The van der Waals surface area contributed by atoms with Gasteiger partial charge < -0.3 is 15.0 Å². The van der Waals surface area contributed by atoms with E-state index in [9.17, 15) is 14.0 Å². The molecule has 8 heteroatoms. The molecule has 0 unspecified atom stereocenters. The Labute approximate surface area is 161 Å². The van der Waals surface area contributed by atoms with Gasteiger partial charge >= 0.3 is 0 Å². The van der Waals surface area contributed by atoms with Gasteiger partial charge in [-0.25, -0.2) is 4.39 Å². The number of rotatable bonds is 7. The zero-order valence-electron chi connectivity index (χ0n) is 14.9. The van der Waals surface area contributed by atoms with Crippen LogP contribution in [0.4, 0.5) is 4.39 Å². The van der Waals surface area contributed by atoms with Gasteiger partial charge in [0.1, 0.15) is 0 Å². The van der Waals surface area contributed by atoms with E-state index in [0.29, 0.717) is 26.2 Å². The van der Waals surface area contributed by atoms with Crippen molar-refractivity contribution in [2.24, 2.45) is 0 Å². The molecule has 6 nitrogen and oxygen atoms in total. The predicted molar refractivity (Wildman–Crippen MR) is 102 cm³/mol. The van der Waals surface area contributed by atoms with Crippen LogP contribution in [0.2, 0.25) is 0 Å². The Bertz CT molecular complexity index is 761. The van der Waals surface area contributed by atoms with E-state index in [1.54, 1.807) is 12.1 Å². The van der Waals surface area contributed by atoms with Gasteiger partial charge in [-0.3, -0.25) is 14.5 Å². The van der Waals surface area contributed by atoms with Crippen molar-refractivity contribution in [3.05, 3.63) is 52.5 Å². The fraction of sp³-hybridized carbons (Fsp3) is 0.368. The highest BCUT2D eigenvalue weighted by Crippen LogP contribution is 2.15. The monoisotopic (exact) mass is 391 g/mol. The van der Waals surface area contributed by atoms with Crippen molar-refractivity contribution in [3.8, 4) is 5.75 Å². The molecule has 0 atom stereocenters. The van der Waals surface area contributed by atoms with Crippen molar-refractivity contribution < 1.29 is 18.7 Å². The maximum Gasteiger partial charge on any atom is 0.257 e. The topological polar surface area (TPSA) is 61.9 Å².